The van der Waals surface area contributed by atoms with Crippen molar-refractivity contribution in [3.8, 4) is 56.2 Å². The highest BCUT2D eigenvalue weighted by Gasteiger charge is 2.14. The number of hydrogen-bond acceptors (Lipinski definition) is 3. The highest BCUT2D eigenvalue weighted by molar-refractivity contribution is 6.09. The first kappa shape index (κ1) is 27.0. The van der Waals surface area contributed by atoms with Gasteiger partial charge in [0.1, 0.15) is 11.2 Å². The van der Waals surface area contributed by atoms with Crippen molar-refractivity contribution in [1.82, 2.24) is 9.97 Å². The van der Waals surface area contributed by atoms with Crippen LogP contribution in [0.15, 0.2) is 174 Å². The molecule has 0 saturated heterocycles. The molecule has 0 amide bonds. The van der Waals surface area contributed by atoms with Crippen LogP contribution in [0.5, 0.6) is 0 Å². The Hall–Kier alpha value is -6.32. The zero-order chi connectivity index (χ0) is 31.2. The van der Waals surface area contributed by atoms with Crippen LogP contribution in [0.3, 0.4) is 0 Å². The maximum absolute atomic E-state index is 6.32. The fraction of sp³-hybridized carbons (Fsp3) is 0. The van der Waals surface area contributed by atoms with Gasteiger partial charge in [-0.25, -0.2) is 9.97 Å². The molecule has 0 N–H and O–H groups in total. The van der Waals surface area contributed by atoms with Gasteiger partial charge in [-0.3, -0.25) is 0 Å². The van der Waals surface area contributed by atoms with Gasteiger partial charge in [0.2, 0.25) is 0 Å². The third kappa shape index (κ3) is 4.95. The van der Waals surface area contributed by atoms with E-state index in [2.05, 4.69) is 140 Å². The second-order valence-corrected chi connectivity index (χ2v) is 11.8. The van der Waals surface area contributed by atoms with Crippen molar-refractivity contribution in [2.24, 2.45) is 0 Å². The van der Waals surface area contributed by atoms with Crippen LogP contribution in [-0.2, 0) is 0 Å². The van der Waals surface area contributed by atoms with E-state index in [1.54, 1.807) is 0 Å². The van der Waals surface area contributed by atoms with Gasteiger partial charge in [0.25, 0.3) is 0 Å². The largest absolute Gasteiger partial charge is 0.455 e. The number of rotatable bonds is 5. The number of benzene rings is 7. The molecule has 2 aromatic heterocycles. The molecule has 0 fully saturated rings. The normalized spacial score (nSPS) is 11.4. The summed E-state index contributed by atoms with van der Waals surface area (Å²) in [6.07, 6.45) is 0. The van der Waals surface area contributed by atoms with Crippen molar-refractivity contribution in [2.75, 3.05) is 0 Å². The van der Waals surface area contributed by atoms with Gasteiger partial charge in [0.15, 0.2) is 5.82 Å². The fourth-order valence-electron chi connectivity index (χ4n) is 6.46. The molecule has 47 heavy (non-hydrogen) atoms. The summed E-state index contributed by atoms with van der Waals surface area (Å²) in [5, 5.41) is 4.74. The molecule has 7 aromatic carbocycles. The molecular formula is C44H28N2O. The van der Waals surface area contributed by atoms with Gasteiger partial charge < -0.3 is 4.42 Å². The average Bonchev–Trinajstić information content (AvgIpc) is 3.54. The lowest BCUT2D eigenvalue weighted by molar-refractivity contribution is 0.670. The van der Waals surface area contributed by atoms with E-state index >= 15 is 0 Å². The monoisotopic (exact) mass is 600 g/mol. The maximum Gasteiger partial charge on any atom is 0.160 e. The van der Waals surface area contributed by atoms with Crippen LogP contribution in [-0.4, -0.2) is 9.97 Å². The Bertz CT molecular complexity index is 2550. The molecule has 0 bridgehead atoms. The van der Waals surface area contributed by atoms with Crippen molar-refractivity contribution in [3.63, 3.8) is 0 Å². The minimum absolute atomic E-state index is 0.702. The number of fused-ring (bicyclic) bond motifs is 4. The van der Waals surface area contributed by atoms with Crippen molar-refractivity contribution < 1.29 is 4.42 Å². The lowest BCUT2D eigenvalue weighted by Gasteiger charge is -2.11. The molecule has 2 heterocycles. The molecule has 0 aliphatic carbocycles. The zero-order valence-corrected chi connectivity index (χ0v) is 25.5. The Labute approximate surface area is 272 Å². The van der Waals surface area contributed by atoms with E-state index < -0.39 is 0 Å². The Morgan fingerprint density at radius 1 is 0.362 bits per heavy atom. The van der Waals surface area contributed by atoms with Crippen molar-refractivity contribution >= 4 is 32.7 Å². The summed E-state index contributed by atoms with van der Waals surface area (Å²) in [6.45, 7) is 0. The summed E-state index contributed by atoms with van der Waals surface area (Å²) in [5.41, 5.74) is 11.2. The predicted molar refractivity (Wildman–Crippen MR) is 194 cm³/mol. The third-order valence-electron chi connectivity index (χ3n) is 8.92. The van der Waals surface area contributed by atoms with Gasteiger partial charge in [-0.15, -0.1) is 0 Å². The van der Waals surface area contributed by atoms with E-state index in [0.717, 1.165) is 61.1 Å². The highest BCUT2D eigenvalue weighted by Crippen LogP contribution is 2.37. The molecule has 220 valence electrons. The van der Waals surface area contributed by atoms with Gasteiger partial charge in [0, 0.05) is 33.0 Å². The summed E-state index contributed by atoms with van der Waals surface area (Å²) in [4.78, 5) is 10.1. The summed E-state index contributed by atoms with van der Waals surface area (Å²) >= 11 is 0. The average molecular weight is 601 g/mol. The van der Waals surface area contributed by atoms with Crippen LogP contribution in [0, 0.1) is 0 Å². The first-order valence-electron chi connectivity index (χ1n) is 15.8. The molecule has 0 spiro atoms. The maximum atomic E-state index is 6.32. The second kappa shape index (κ2) is 11.2. The van der Waals surface area contributed by atoms with Crippen LogP contribution in [0.2, 0.25) is 0 Å². The Balaban J connectivity index is 1.10. The van der Waals surface area contributed by atoms with Crippen molar-refractivity contribution in [3.05, 3.63) is 170 Å². The van der Waals surface area contributed by atoms with Crippen molar-refractivity contribution in [1.29, 1.82) is 0 Å². The van der Waals surface area contributed by atoms with Crippen LogP contribution >= 0.6 is 0 Å². The lowest BCUT2D eigenvalue weighted by atomic mass is 9.98. The first-order chi connectivity index (χ1) is 23.3. The number of nitrogens with zero attached hydrogens (tertiary/aromatic N) is 2. The Kier molecular flexibility index (Phi) is 6.46. The Morgan fingerprint density at radius 3 is 1.72 bits per heavy atom. The van der Waals surface area contributed by atoms with E-state index in [4.69, 9.17) is 14.4 Å². The number of furan rings is 1. The SMILES string of the molecule is c1ccc(-c2nc(-c3ccc(-c4ccc5ccccc5c4)cc3)cc(-c3ccc(-c4cccc5c4oc4ccccc45)cc3)n2)cc1. The zero-order valence-electron chi connectivity index (χ0n) is 25.5. The number of aromatic nitrogens is 2. The molecule has 0 radical (unpaired) electrons. The molecule has 0 unspecified atom stereocenters. The van der Waals surface area contributed by atoms with E-state index in [1.807, 2.05) is 30.3 Å². The molecular weight excluding hydrogens is 572 g/mol. The summed E-state index contributed by atoms with van der Waals surface area (Å²) in [5.74, 6) is 0.702. The van der Waals surface area contributed by atoms with E-state index in [-0.39, 0.29) is 0 Å². The molecule has 3 heteroatoms. The number of para-hydroxylation sites is 2. The van der Waals surface area contributed by atoms with E-state index in [0.29, 0.717) is 5.82 Å². The molecule has 0 atom stereocenters. The first-order valence-corrected chi connectivity index (χ1v) is 15.8. The summed E-state index contributed by atoms with van der Waals surface area (Å²) in [6, 6.07) is 59.2. The van der Waals surface area contributed by atoms with Crippen LogP contribution in [0.1, 0.15) is 0 Å². The van der Waals surface area contributed by atoms with Gasteiger partial charge >= 0.3 is 0 Å². The predicted octanol–water partition coefficient (Wildman–Crippen LogP) is 11.9. The highest BCUT2D eigenvalue weighted by atomic mass is 16.3. The van der Waals surface area contributed by atoms with E-state index in [1.165, 1.54) is 21.9 Å². The van der Waals surface area contributed by atoms with Gasteiger partial charge in [-0.05, 0) is 45.7 Å². The fourth-order valence-corrected chi connectivity index (χ4v) is 6.46. The molecule has 0 aliphatic heterocycles. The molecule has 0 saturated carbocycles. The smallest absolute Gasteiger partial charge is 0.160 e. The molecule has 3 nitrogen and oxygen atoms in total. The standard InChI is InChI=1S/C44H28N2O/c1-2-10-34(11-3-1)44-45-40(32-22-17-30(18-23-32)36-26-19-29-9-4-5-12-35(29)27-36)28-41(46-44)33-24-20-31(21-25-33)37-14-8-15-39-38-13-6-7-16-42(38)47-43(37)39/h1-28H. The lowest BCUT2D eigenvalue weighted by Crippen LogP contribution is -1.96. The van der Waals surface area contributed by atoms with Gasteiger partial charge in [0.05, 0.1) is 11.4 Å². The van der Waals surface area contributed by atoms with Gasteiger partial charge in [-0.2, -0.15) is 0 Å². The molecule has 0 aliphatic rings. The second-order valence-electron chi connectivity index (χ2n) is 11.8. The topological polar surface area (TPSA) is 38.9 Å². The van der Waals surface area contributed by atoms with Crippen LogP contribution in [0.25, 0.3) is 88.9 Å². The quantitative estimate of drug-likeness (QED) is 0.197. The van der Waals surface area contributed by atoms with Crippen LogP contribution < -0.4 is 0 Å². The van der Waals surface area contributed by atoms with E-state index in [9.17, 15) is 0 Å². The van der Waals surface area contributed by atoms with Crippen molar-refractivity contribution in [2.45, 2.75) is 0 Å². The third-order valence-corrected chi connectivity index (χ3v) is 8.92. The minimum Gasteiger partial charge on any atom is -0.455 e. The molecule has 9 aromatic rings. The summed E-state index contributed by atoms with van der Waals surface area (Å²) < 4.78 is 6.32. The number of hydrogen-bond donors (Lipinski definition) is 0. The Morgan fingerprint density at radius 2 is 0.957 bits per heavy atom. The van der Waals surface area contributed by atoms with Crippen LogP contribution in [0.4, 0.5) is 0 Å². The molecule has 9 rings (SSSR count). The minimum atomic E-state index is 0.702. The van der Waals surface area contributed by atoms with Gasteiger partial charge in [-0.1, -0.05) is 152 Å². The summed E-state index contributed by atoms with van der Waals surface area (Å²) in [7, 11) is 0.